The maximum absolute atomic E-state index is 12.1. The number of anilines is 1. The van der Waals surface area contributed by atoms with E-state index in [1.807, 2.05) is 25.1 Å². The molecule has 2 aromatic rings. The van der Waals surface area contributed by atoms with Crippen molar-refractivity contribution in [1.29, 1.82) is 0 Å². The van der Waals surface area contributed by atoms with Crippen LogP contribution in [0.3, 0.4) is 0 Å². The predicted molar refractivity (Wildman–Crippen MR) is 97.4 cm³/mol. The standard InChI is InChI=1S/C18H21N3O2S/c1-3-8-16(22)19-12-7-11-15-13(2)20-18(24-15)21-17(23)14-9-5-4-6-10-14/h3-6,9-10H,1,7-8,11-12H2,2H3,(H,19,22)(H,20,21,23). The minimum atomic E-state index is -0.160. The van der Waals surface area contributed by atoms with Gasteiger partial charge in [-0.3, -0.25) is 14.9 Å². The molecule has 6 heteroatoms. The summed E-state index contributed by atoms with van der Waals surface area (Å²) in [4.78, 5) is 29.0. The van der Waals surface area contributed by atoms with Crippen LogP contribution in [0.15, 0.2) is 43.0 Å². The average molecular weight is 343 g/mol. The first kappa shape index (κ1) is 17.9. The Bertz CT molecular complexity index is 710. The Morgan fingerprint density at radius 1 is 1.29 bits per heavy atom. The molecule has 2 N–H and O–H groups in total. The average Bonchev–Trinajstić information content (AvgIpc) is 2.92. The number of aromatic nitrogens is 1. The zero-order valence-electron chi connectivity index (χ0n) is 13.7. The van der Waals surface area contributed by atoms with E-state index in [4.69, 9.17) is 0 Å². The van der Waals surface area contributed by atoms with Gasteiger partial charge in [-0.2, -0.15) is 0 Å². The first-order chi connectivity index (χ1) is 11.6. The number of hydrogen-bond donors (Lipinski definition) is 2. The second-order valence-corrected chi connectivity index (χ2v) is 6.38. The molecule has 0 bridgehead atoms. The lowest BCUT2D eigenvalue weighted by Gasteiger charge is -2.02. The minimum Gasteiger partial charge on any atom is -0.356 e. The molecule has 0 spiro atoms. The molecule has 0 fully saturated rings. The highest BCUT2D eigenvalue weighted by Gasteiger charge is 2.11. The normalized spacial score (nSPS) is 10.2. The first-order valence-corrected chi connectivity index (χ1v) is 8.62. The van der Waals surface area contributed by atoms with Crippen LogP contribution in [0.5, 0.6) is 0 Å². The third kappa shape index (κ3) is 5.31. The Hall–Kier alpha value is -2.47. The smallest absolute Gasteiger partial charge is 0.257 e. The zero-order chi connectivity index (χ0) is 17.4. The molecule has 2 amide bonds. The monoisotopic (exact) mass is 343 g/mol. The number of thiazole rings is 1. The SMILES string of the molecule is C=CCC(=O)NCCCc1sc(NC(=O)c2ccccc2)nc1C. The van der Waals surface area contributed by atoms with E-state index in [9.17, 15) is 9.59 Å². The van der Waals surface area contributed by atoms with Crippen LogP contribution in [0.4, 0.5) is 5.13 Å². The van der Waals surface area contributed by atoms with Crippen molar-refractivity contribution >= 4 is 28.3 Å². The van der Waals surface area contributed by atoms with Gasteiger partial charge >= 0.3 is 0 Å². The van der Waals surface area contributed by atoms with Gasteiger partial charge in [-0.25, -0.2) is 4.98 Å². The van der Waals surface area contributed by atoms with Crippen molar-refractivity contribution in [3.8, 4) is 0 Å². The van der Waals surface area contributed by atoms with Gasteiger partial charge in [-0.15, -0.1) is 17.9 Å². The van der Waals surface area contributed by atoms with E-state index in [0.29, 0.717) is 23.7 Å². The van der Waals surface area contributed by atoms with Gasteiger partial charge in [0.1, 0.15) is 0 Å². The molecule has 1 heterocycles. The van der Waals surface area contributed by atoms with Crippen molar-refractivity contribution in [2.24, 2.45) is 0 Å². The van der Waals surface area contributed by atoms with Gasteiger partial charge in [-0.05, 0) is 31.9 Å². The molecule has 2 rings (SSSR count). The maximum atomic E-state index is 12.1. The fraction of sp³-hybridized carbons (Fsp3) is 0.278. The number of aryl methyl sites for hydroxylation is 2. The number of rotatable bonds is 8. The molecule has 0 aliphatic heterocycles. The Kier molecular flexibility index (Phi) is 6.69. The van der Waals surface area contributed by atoms with Crippen LogP contribution in [0.25, 0.3) is 0 Å². The number of carbonyl (C=O) groups excluding carboxylic acids is 2. The fourth-order valence-electron chi connectivity index (χ4n) is 2.15. The summed E-state index contributed by atoms with van der Waals surface area (Å²) in [5.41, 5.74) is 1.53. The lowest BCUT2D eigenvalue weighted by Crippen LogP contribution is -2.23. The van der Waals surface area contributed by atoms with E-state index in [-0.39, 0.29) is 11.8 Å². The summed E-state index contributed by atoms with van der Waals surface area (Å²) < 4.78 is 0. The summed E-state index contributed by atoms with van der Waals surface area (Å²) in [6.45, 7) is 6.09. The molecule has 0 unspecified atom stereocenters. The Balaban J connectivity index is 1.85. The minimum absolute atomic E-state index is 0.0122. The van der Waals surface area contributed by atoms with E-state index < -0.39 is 0 Å². The van der Waals surface area contributed by atoms with Crippen molar-refractivity contribution in [2.45, 2.75) is 26.2 Å². The largest absolute Gasteiger partial charge is 0.356 e. The molecule has 0 aliphatic carbocycles. The van der Waals surface area contributed by atoms with Gasteiger partial charge in [-0.1, -0.05) is 24.3 Å². The van der Waals surface area contributed by atoms with E-state index in [1.165, 1.54) is 11.3 Å². The summed E-state index contributed by atoms with van der Waals surface area (Å²) in [5.74, 6) is -0.172. The summed E-state index contributed by atoms with van der Waals surface area (Å²) in [5, 5.41) is 6.27. The summed E-state index contributed by atoms with van der Waals surface area (Å²) in [6, 6.07) is 9.06. The summed E-state index contributed by atoms with van der Waals surface area (Å²) in [7, 11) is 0. The van der Waals surface area contributed by atoms with Gasteiger partial charge in [0, 0.05) is 23.4 Å². The van der Waals surface area contributed by atoms with Crippen LogP contribution in [0.1, 0.15) is 33.8 Å². The lowest BCUT2D eigenvalue weighted by molar-refractivity contribution is -0.120. The molecule has 0 atom stereocenters. The van der Waals surface area contributed by atoms with Crippen LogP contribution >= 0.6 is 11.3 Å². The molecule has 126 valence electrons. The van der Waals surface area contributed by atoms with E-state index in [0.717, 1.165) is 23.4 Å². The van der Waals surface area contributed by atoms with Crippen molar-refractivity contribution < 1.29 is 9.59 Å². The number of nitrogens with zero attached hydrogens (tertiary/aromatic N) is 1. The number of nitrogens with one attached hydrogen (secondary N) is 2. The number of hydrogen-bond acceptors (Lipinski definition) is 4. The third-order valence-electron chi connectivity index (χ3n) is 3.38. The maximum Gasteiger partial charge on any atom is 0.257 e. The van der Waals surface area contributed by atoms with E-state index in [1.54, 1.807) is 18.2 Å². The number of amides is 2. The molecule has 1 aromatic carbocycles. The molecule has 0 saturated heterocycles. The summed E-state index contributed by atoms with van der Waals surface area (Å²) in [6.07, 6.45) is 3.58. The second-order valence-electron chi connectivity index (χ2n) is 5.29. The number of benzene rings is 1. The molecule has 0 aliphatic rings. The molecule has 5 nitrogen and oxygen atoms in total. The quantitative estimate of drug-likeness (QED) is 0.570. The lowest BCUT2D eigenvalue weighted by atomic mass is 10.2. The molecule has 24 heavy (non-hydrogen) atoms. The van der Waals surface area contributed by atoms with Crippen molar-refractivity contribution in [3.63, 3.8) is 0 Å². The highest BCUT2D eigenvalue weighted by molar-refractivity contribution is 7.15. The molecular weight excluding hydrogens is 322 g/mol. The van der Waals surface area contributed by atoms with E-state index >= 15 is 0 Å². The third-order valence-corrected chi connectivity index (χ3v) is 4.51. The molecule has 0 saturated carbocycles. The van der Waals surface area contributed by atoms with Gasteiger partial charge in [0.15, 0.2) is 5.13 Å². The van der Waals surface area contributed by atoms with Crippen LogP contribution < -0.4 is 10.6 Å². The first-order valence-electron chi connectivity index (χ1n) is 7.80. The Labute approximate surface area is 145 Å². The fourth-order valence-corrected chi connectivity index (χ4v) is 3.15. The van der Waals surface area contributed by atoms with Crippen LogP contribution in [-0.4, -0.2) is 23.3 Å². The Morgan fingerprint density at radius 3 is 2.75 bits per heavy atom. The van der Waals surface area contributed by atoms with Crippen molar-refractivity contribution in [3.05, 3.63) is 59.1 Å². The van der Waals surface area contributed by atoms with Crippen LogP contribution in [0, 0.1) is 6.92 Å². The molecular formula is C18H21N3O2S. The highest BCUT2D eigenvalue weighted by Crippen LogP contribution is 2.24. The van der Waals surface area contributed by atoms with Crippen LogP contribution in [0.2, 0.25) is 0 Å². The predicted octanol–water partition coefficient (Wildman–Crippen LogP) is 3.33. The number of carbonyl (C=O) groups is 2. The molecule has 0 radical (unpaired) electrons. The van der Waals surface area contributed by atoms with Crippen molar-refractivity contribution in [2.75, 3.05) is 11.9 Å². The Morgan fingerprint density at radius 2 is 2.04 bits per heavy atom. The van der Waals surface area contributed by atoms with Gasteiger partial charge in [0.2, 0.25) is 5.91 Å². The van der Waals surface area contributed by atoms with E-state index in [2.05, 4.69) is 22.2 Å². The second kappa shape index (κ2) is 8.98. The van der Waals surface area contributed by atoms with Crippen molar-refractivity contribution in [1.82, 2.24) is 10.3 Å². The summed E-state index contributed by atoms with van der Waals surface area (Å²) >= 11 is 1.48. The van der Waals surface area contributed by atoms with Gasteiger partial charge in [0.05, 0.1) is 5.69 Å². The molecule has 1 aromatic heterocycles. The van der Waals surface area contributed by atoms with Gasteiger partial charge in [0.25, 0.3) is 5.91 Å². The van der Waals surface area contributed by atoms with Crippen LogP contribution in [-0.2, 0) is 11.2 Å². The topological polar surface area (TPSA) is 71.1 Å². The highest BCUT2D eigenvalue weighted by atomic mass is 32.1. The zero-order valence-corrected chi connectivity index (χ0v) is 14.5. The van der Waals surface area contributed by atoms with Gasteiger partial charge < -0.3 is 5.32 Å².